The molecule has 28 heavy (non-hydrogen) atoms. The zero-order chi connectivity index (χ0) is 19.5. The van der Waals surface area contributed by atoms with E-state index in [9.17, 15) is 4.79 Å². The number of aromatic nitrogens is 3. The van der Waals surface area contributed by atoms with Crippen LogP contribution in [0.4, 0.5) is 0 Å². The van der Waals surface area contributed by atoms with Gasteiger partial charge in [0.05, 0.1) is 24.0 Å². The molecule has 1 aliphatic heterocycles. The Morgan fingerprint density at radius 2 is 1.93 bits per heavy atom. The van der Waals surface area contributed by atoms with E-state index in [1.165, 1.54) is 5.56 Å². The SMILES string of the molecule is COc1cccc(C2CCN(C(=O)c3cn(-c4ccccc4Cl)nn3)CC2)c1. The molecule has 3 aromatic rings. The van der Waals surface area contributed by atoms with Crippen molar-refractivity contribution in [1.82, 2.24) is 19.9 Å². The quantitative estimate of drug-likeness (QED) is 0.670. The number of likely N-dealkylation sites (tertiary alicyclic amines) is 1. The largest absolute Gasteiger partial charge is 0.497 e. The summed E-state index contributed by atoms with van der Waals surface area (Å²) >= 11 is 6.20. The van der Waals surface area contributed by atoms with Crippen molar-refractivity contribution in [3.8, 4) is 11.4 Å². The van der Waals surface area contributed by atoms with Gasteiger partial charge in [0, 0.05) is 13.1 Å². The van der Waals surface area contributed by atoms with Crippen LogP contribution in [-0.4, -0.2) is 46.0 Å². The third-order valence-electron chi connectivity index (χ3n) is 5.16. The van der Waals surface area contributed by atoms with E-state index in [1.807, 2.05) is 35.2 Å². The molecule has 4 rings (SSSR count). The number of ether oxygens (including phenoxy) is 1. The van der Waals surface area contributed by atoms with Gasteiger partial charge in [-0.2, -0.15) is 0 Å². The lowest BCUT2D eigenvalue weighted by molar-refractivity contribution is 0.0707. The van der Waals surface area contributed by atoms with Crippen LogP contribution in [0.15, 0.2) is 54.7 Å². The Labute approximate surface area is 168 Å². The highest BCUT2D eigenvalue weighted by atomic mass is 35.5. The highest BCUT2D eigenvalue weighted by Gasteiger charge is 2.26. The number of para-hydroxylation sites is 1. The number of hydrogen-bond donors (Lipinski definition) is 0. The average molecular weight is 397 g/mol. The lowest BCUT2D eigenvalue weighted by Gasteiger charge is -2.31. The van der Waals surface area contributed by atoms with Gasteiger partial charge < -0.3 is 9.64 Å². The van der Waals surface area contributed by atoms with E-state index in [0.717, 1.165) is 18.6 Å². The van der Waals surface area contributed by atoms with Gasteiger partial charge in [-0.25, -0.2) is 4.68 Å². The van der Waals surface area contributed by atoms with Crippen molar-refractivity contribution in [3.05, 3.63) is 71.0 Å². The average Bonchev–Trinajstić information content (AvgIpc) is 3.24. The van der Waals surface area contributed by atoms with Crippen LogP contribution in [0.1, 0.15) is 34.8 Å². The normalized spacial score (nSPS) is 14.9. The van der Waals surface area contributed by atoms with E-state index in [-0.39, 0.29) is 5.91 Å². The van der Waals surface area contributed by atoms with Crippen LogP contribution in [-0.2, 0) is 0 Å². The van der Waals surface area contributed by atoms with Crippen LogP contribution >= 0.6 is 11.6 Å². The summed E-state index contributed by atoms with van der Waals surface area (Å²) in [6, 6.07) is 15.5. The Morgan fingerprint density at radius 1 is 1.14 bits per heavy atom. The summed E-state index contributed by atoms with van der Waals surface area (Å²) in [5.74, 6) is 1.20. The van der Waals surface area contributed by atoms with Crippen LogP contribution in [0.25, 0.3) is 5.69 Å². The minimum atomic E-state index is -0.0950. The molecule has 1 saturated heterocycles. The van der Waals surface area contributed by atoms with Crippen LogP contribution in [0.3, 0.4) is 0 Å². The standard InChI is InChI=1S/C21H21ClN4O2/c1-28-17-6-4-5-16(13-17)15-9-11-25(12-10-15)21(27)19-14-26(24-23-19)20-8-3-2-7-18(20)22/h2-8,13-15H,9-12H2,1H3. The number of amides is 1. The number of nitrogens with zero attached hydrogens (tertiary/aromatic N) is 4. The van der Waals surface area contributed by atoms with E-state index in [0.29, 0.717) is 35.4 Å². The molecule has 2 aromatic carbocycles. The summed E-state index contributed by atoms with van der Waals surface area (Å²) in [5, 5.41) is 8.68. The molecule has 0 N–H and O–H groups in total. The molecule has 1 amide bonds. The number of hydrogen-bond acceptors (Lipinski definition) is 4. The topological polar surface area (TPSA) is 60.2 Å². The molecule has 1 aliphatic rings. The van der Waals surface area contributed by atoms with Gasteiger partial charge in [0.2, 0.25) is 0 Å². The van der Waals surface area contributed by atoms with Crippen LogP contribution in [0, 0.1) is 0 Å². The molecule has 0 spiro atoms. The van der Waals surface area contributed by atoms with Crippen molar-refractivity contribution in [2.75, 3.05) is 20.2 Å². The predicted octanol–water partition coefficient (Wildman–Crippen LogP) is 3.95. The highest BCUT2D eigenvalue weighted by Crippen LogP contribution is 2.30. The minimum Gasteiger partial charge on any atom is -0.497 e. The molecular weight excluding hydrogens is 376 g/mol. The van der Waals surface area contributed by atoms with Crippen molar-refractivity contribution in [2.45, 2.75) is 18.8 Å². The zero-order valence-electron chi connectivity index (χ0n) is 15.6. The second-order valence-electron chi connectivity index (χ2n) is 6.84. The summed E-state index contributed by atoms with van der Waals surface area (Å²) in [7, 11) is 1.68. The fraction of sp³-hybridized carbons (Fsp3) is 0.286. The molecule has 0 radical (unpaired) electrons. The molecule has 0 bridgehead atoms. The maximum Gasteiger partial charge on any atom is 0.276 e. The van der Waals surface area contributed by atoms with Gasteiger partial charge in [0.25, 0.3) is 5.91 Å². The predicted molar refractivity (Wildman–Crippen MR) is 107 cm³/mol. The zero-order valence-corrected chi connectivity index (χ0v) is 16.3. The Hall–Kier alpha value is -2.86. The number of piperidine rings is 1. The molecule has 0 atom stereocenters. The third kappa shape index (κ3) is 3.73. The Morgan fingerprint density at radius 3 is 2.68 bits per heavy atom. The van der Waals surface area contributed by atoms with Crippen molar-refractivity contribution in [3.63, 3.8) is 0 Å². The first-order valence-corrected chi connectivity index (χ1v) is 9.64. The van der Waals surface area contributed by atoms with Crippen LogP contribution < -0.4 is 4.74 Å². The minimum absolute atomic E-state index is 0.0950. The molecular formula is C21H21ClN4O2. The van der Waals surface area contributed by atoms with Crippen LogP contribution in [0.5, 0.6) is 5.75 Å². The summed E-state index contributed by atoms with van der Waals surface area (Å²) in [4.78, 5) is 14.7. The monoisotopic (exact) mass is 396 g/mol. The van der Waals surface area contributed by atoms with E-state index < -0.39 is 0 Å². The van der Waals surface area contributed by atoms with E-state index in [2.05, 4.69) is 22.4 Å². The lowest BCUT2D eigenvalue weighted by atomic mass is 9.89. The van der Waals surface area contributed by atoms with Gasteiger partial charge in [-0.3, -0.25) is 4.79 Å². The molecule has 144 valence electrons. The fourth-order valence-electron chi connectivity index (χ4n) is 3.59. The van der Waals surface area contributed by atoms with E-state index in [4.69, 9.17) is 16.3 Å². The molecule has 0 saturated carbocycles. The second-order valence-corrected chi connectivity index (χ2v) is 7.25. The van der Waals surface area contributed by atoms with Gasteiger partial charge in [-0.1, -0.05) is 41.1 Å². The summed E-state index contributed by atoms with van der Waals surface area (Å²) in [6.45, 7) is 1.39. The smallest absolute Gasteiger partial charge is 0.276 e. The van der Waals surface area contributed by atoms with Gasteiger partial charge in [-0.15, -0.1) is 5.10 Å². The second kappa shape index (κ2) is 8.02. The third-order valence-corrected chi connectivity index (χ3v) is 5.48. The maximum absolute atomic E-state index is 12.8. The molecule has 7 heteroatoms. The molecule has 0 unspecified atom stereocenters. The highest BCUT2D eigenvalue weighted by molar-refractivity contribution is 6.32. The first kappa shape index (κ1) is 18.5. The fourth-order valence-corrected chi connectivity index (χ4v) is 3.81. The summed E-state index contributed by atoms with van der Waals surface area (Å²) < 4.78 is 6.86. The Balaban J connectivity index is 1.42. The van der Waals surface area contributed by atoms with Crippen molar-refractivity contribution < 1.29 is 9.53 Å². The molecule has 1 aromatic heterocycles. The Kier molecular flexibility index (Phi) is 5.30. The molecule has 0 aliphatic carbocycles. The first-order chi connectivity index (χ1) is 13.7. The van der Waals surface area contributed by atoms with Gasteiger partial charge in [0.1, 0.15) is 5.75 Å². The van der Waals surface area contributed by atoms with Crippen LogP contribution in [0.2, 0.25) is 5.02 Å². The first-order valence-electron chi connectivity index (χ1n) is 9.26. The molecule has 1 fully saturated rings. The van der Waals surface area contributed by atoms with E-state index >= 15 is 0 Å². The van der Waals surface area contributed by atoms with Gasteiger partial charge >= 0.3 is 0 Å². The lowest BCUT2D eigenvalue weighted by Crippen LogP contribution is -2.38. The number of carbonyl (C=O) groups is 1. The molecule has 6 nitrogen and oxygen atoms in total. The number of carbonyl (C=O) groups excluding carboxylic acids is 1. The number of rotatable bonds is 4. The number of halogens is 1. The van der Waals surface area contributed by atoms with Crippen molar-refractivity contribution >= 4 is 17.5 Å². The van der Waals surface area contributed by atoms with Gasteiger partial charge in [-0.05, 0) is 48.6 Å². The van der Waals surface area contributed by atoms with Crippen molar-refractivity contribution in [1.29, 1.82) is 0 Å². The summed E-state index contributed by atoms with van der Waals surface area (Å²) in [5.41, 5.74) is 2.29. The van der Waals surface area contributed by atoms with E-state index in [1.54, 1.807) is 24.1 Å². The van der Waals surface area contributed by atoms with Gasteiger partial charge in [0.15, 0.2) is 5.69 Å². The molecule has 2 heterocycles. The maximum atomic E-state index is 12.8. The Bertz CT molecular complexity index is 980. The van der Waals surface area contributed by atoms with Crippen molar-refractivity contribution in [2.24, 2.45) is 0 Å². The summed E-state index contributed by atoms with van der Waals surface area (Å²) in [6.07, 6.45) is 3.47. The number of methoxy groups -OCH3 is 1. The number of benzene rings is 2.